The quantitative estimate of drug-likeness (QED) is 0.718. The molecule has 0 amide bonds. The van der Waals surface area contributed by atoms with Crippen LogP contribution in [-0.2, 0) is 9.84 Å². The molecule has 3 aromatic rings. The minimum Gasteiger partial charge on any atom is -0.390 e. The highest BCUT2D eigenvalue weighted by atomic mass is 32.2. The Bertz CT molecular complexity index is 1070. The van der Waals surface area contributed by atoms with Crippen molar-refractivity contribution in [3.8, 4) is 0 Å². The first-order chi connectivity index (χ1) is 13.0. The number of hydrogen-bond acceptors (Lipinski definition) is 6. The predicted octanol–water partition coefficient (Wildman–Crippen LogP) is 2.00. The second-order valence-electron chi connectivity index (χ2n) is 6.71. The number of benzene rings is 2. The number of anilines is 1. The molecule has 6 nitrogen and oxygen atoms in total. The topological polar surface area (TPSA) is 90.7 Å². The van der Waals surface area contributed by atoms with Crippen LogP contribution in [0.2, 0.25) is 0 Å². The van der Waals surface area contributed by atoms with E-state index < -0.39 is 22.0 Å². The largest absolute Gasteiger partial charge is 0.390 e. The molecule has 0 aliphatic carbocycles. The zero-order valence-corrected chi connectivity index (χ0v) is 15.4. The molecular weight excluding hydrogens is 364 g/mol. The maximum absolute atomic E-state index is 12.8. The molecule has 0 bridgehead atoms. The minimum absolute atomic E-state index is 0.146. The van der Waals surface area contributed by atoms with E-state index in [9.17, 15) is 18.6 Å². The normalized spacial score (nSPS) is 20.7. The number of hydrogen-bond donors (Lipinski definition) is 2. The molecule has 1 aliphatic heterocycles. The summed E-state index contributed by atoms with van der Waals surface area (Å²) in [6.45, 7) is 0.912. The highest BCUT2D eigenvalue weighted by Gasteiger charge is 2.27. The van der Waals surface area contributed by atoms with Gasteiger partial charge in [-0.15, -0.1) is 0 Å². The van der Waals surface area contributed by atoms with Crippen molar-refractivity contribution in [2.45, 2.75) is 28.4 Å². The number of piperidine rings is 1. The molecule has 0 saturated carbocycles. The van der Waals surface area contributed by atoms with Crippen LogP contribution in [0.25, 0.3) is 10.9 Å². The summed E-state index contributed by atoms with van der Waals surface area (Å²) in [5, 5.41) is 20.4. The lowest BCUT2D eigenvalue weighted by Gasteiger charge is -2.35. The molecule has 1 aliphatic rings. The third kappa shape index (κ3) is 3.29. The fourth-order valence-electron chi connectivity index (χ4n) is 3.40. The van der Waals surface area contributed by atoms with Gasteiger partial charge in [0.15, 0.2) is 0 Å². The van der Waals surface area contributed by atoms with Crippen molar-refractivity contribution in [2.24, 2.45) is 0 Å². The number of pyridine rings is 1. The molecule has 2 atom stereocenters. The number of aliphatic hydroxyl groups is 2. The average Bonchev–Trinajstić information content (AvgIpc) is 2.70. The third-order valence-corrected chi connectivity index (χ3v) is 6.65. The predicted molar refractivity (Wildman–Crippen MR) is 102 cm³/mol. The number of sulfone groups is 1. The molecule has 4 rings (SSSR count). The monoisotopic (exact) mass is 384 g/mol. The summed E-state index contributed by atoms with van der Waals surface area (Å²) in [7, 11) is -3.63. The molecule has 1 saturated heterocycles. The molecule has 1 aromatic heterocycles. The van der Waals surface area contributed by atoms with Crippen LogP contribution in [0.15, 0.2) is 70.6 Å². The maximum Gasteiger partial charge on any atom is 0.208 e. The second kappa shape index (κ2) is 6.92. The highest BCUT2D eigenvalue weighted by Crippen LogP contribution is 2.30. The molecule has 140 valence electrons. The molecule has 1 fully saturated rings. The Morgan fingerprint density at radius 1 is 0.963 bits per heavy atom. The van der Waals surface area contributed by atoms with Crippen molar-refractivity contribution in [3.63, 3.8) is 0 Å². The molecule has 0 spiro atoms. The first-order valence-corrected chi connectivity index (χ1v) is 10.2. The van der Waals surface area contributed by atoms with Gasteiger partial charge in [0.1, 0.15) is 0 Å². The van der Waals surface area contributed by atoms with Gasteiger partial charge in [0.2, 0.25) is 9.84 Å². The van der Waals surface area contributed by atoms with Crippen LogP contribution < -0.4 is 4.90 Å². The van der Waals surface area contributed by atoms with Crippen molar-refractivity contribution < 1.29 is 18.6 Å². The van der Waals surface area contributed by atoms with Crippen LogP contribution in [0.4, 0.5) is 5.69 Å². The fraction of sp³-hybridized carbons (Fsp3) is 0.250. The van der Waals surface area contributed by atoms with E-state index in [1.165, 1.54) is 6.20 Å². The number of para-hydroxylation sites is 1. The summed E-state index contributed by atoms with van der Waals surface area (Å²) >= 11 is 0. The Morgan fingerprint density at radius 2 is 1.74 bits per heavy atom. The maximum atomic E-state index is 12.8. The van der Waals surface area contributed by atoms with Crippen molar-refractivity contribution in [3.05, 3.63) is 60.8 Å². The third-order valence-electron chi connectivity index (χ3n) is 4.92. The lowest BCUT2D eigenvalue weighted by molar-refractivity contribution is 0.00807. The summed E-state index contributed by atoms with van der Waals surface area (Å²) < 4.78 is 25.7. The van der Waals surface area contributed by atoms with E-state index in [-0.39, 0.29) is 9.79 Å². The van der Waals surface area contributed by atoms with Gasteiger partial charge >= 0.3 is 0 Å². The summed E-state index contributed by atoms with van der Waals surface area (Å²) in [6, 6.07) is 15.5. The Hall–Kier alpha value is -2.48. The molecule has 27 heavy (non-hydrogen) atoms. The van der Waals surface area contributed by atoms with Crippen LogP contribution in [0.3, 0.4) is 0 Å². The summed E-state index contributed by atoms with van der Waals surface area (Å²) in [5.41, 5.74) is 1.50. The highest BCUT2D eigenvalue weighted by molar-refractivity contribution is 7.91. The Kier molecular flexibility index (Phi) is 4.59. The Morgan fingerprint density at radius 3 is 2.48 bits per heavy atom. The van der Waals surface area contributed by atoms with E-state index in [0.717, 1.165) is 5.69 Å². The van der Waals surface area contributed by atoms with Gasteiger partial charge in [-0.1, -0.05) is 30.3 Å². The van der Waals surface area contributed by atoms with E-state index in [2.05, 4.69) is 4.98 Å². The molecular formula is C20H20N2O4S. The van der Waals surface area contributed by atoms with Crippen LogP contribution in [0.1, 0.15) is 6.42 Å². The molecule has 0 radical (unpaired) electrons. The number of β-amino-alcohol motifs (C(OH)–C–C–N with tert-alkyl or cyclic N) is 1. The number of aromatic nitrogens is 1. The van der Waals surface area contributed by atoms with Crippen molar-refractivity contribution >= 4 is 26.4 Å². The number of fused-ring (bicyclic) bond motifs is 1. The fourth-order valence-corrected chi connectivity index (χ4v) is 4.66. The van der Waals surface area contributed by atoms with Gasteiger partial charge < -0.3 is 15.1 Å². The van der Waals surface area contributed by atoms with Gasteiger partial charge in [-0.25, -0.2) is 8.42 Å². The van der Waals surface area contributed by atoms with Crippen LogP contribution in [-0.4, -0.2) is 48.9 Å². The number of aliphatic hydroxyl groups excluding tert-OH is 2. The van der Waals surface area contributed by atoms with Gasteiger partial charge in [0, 0.05) is 24.7 Å². The van der Waals surface area contributed by atoms with Crippen molar-refractivity contribution in [1.29, 1.82) is 0 Å². The van der Waals surface area contributed by atoms with E-state index in [0.29, 0.717) is 30.4 Å². The molecule has 2 heterocycles. The summed E-state index contributed by atoms with van der Waals surface area (Å²) in [4.78, 5) is 6.78. The smallest absolute Gasteiger partial charge is 0.208 e. The van der Waals surface area contributed by atoms with Gasteiger partial charge in [-0.05, 0) is 30.7 Å². The van der Waals surface area contributed by atoms with Crippen LogP contribution in [0, 0.1) is 0 Å². The molecule has 7 heteroatoms. The summed E-state index contributed by atoms with van der Waals surface area (Å²) in [6.07, 6.45) is 0.319. The van der Waals surface area contributed by atoms with E-state index in [4.69, 9.17) is 0 Å². The van der Waals surface area contributed by atoms with E-state index >= 15 is 0 Å². The van der Waals surface area contributed by atoms with E-state index in [1.807, 2.05) is 23.1 Å². The minimum atomic E-state index is -3.63. The van der Waals surface area contributed by atoms with Gasteiger partial charge in [-0.3, -0.25) is 4.98 Å². The van der Waals surface area contributed by atoms with Crippen LogP contribution in [0.5, 0.6) is 0 Å². The lowest BCUT2D eigenvalue weighted by Crippen LogP contribution is -2.46. The zero-order chi connectivity index (χ0) is 19.0. The summed E-state index contributed by atoms with van der Waals surface area (Å²) in [5.74, 6) is 0. The van der Waals surface area contributed by atoms with Crippen LogP contribution >= 0.6 is 0 Å². The molecule has 2 N–H and O–H groups in total. The first-order valence-electron chi connectivity index (χ1n) is 8.77. The average molecular weight is 384 g/mol. The zero-order valence-electron chi connectivity index (χ0n) is 14.6. The second-order valence-corrected chi connectivity index (χ2v) is 8.66. The SMILES string of the molecule is O=S(=O)(c1ccccc1)c1cnc2c(N3CC[C@H](O)[C@@H](O)C3)cccc2c1. The lowest BCUT2D eigenvalue weighted by atomic mass is 10.0. The Balaban J connectivity index is 1.75. The van der Waals surface area contributed by atoms with Crippen molar-refractivity contribution in [2.75, 3.05) is 18.0 Å². The van der Waals surface area contributed by atoms with Gasteiger partial charge in [0.05, 0.1) is 33.2 Å². The van der Waals surface area contributed by atoms with Gasteiger partial charge in [0.25, 0.3) is 0 Å². The number of rotatable bonds is 3. The van der Waals surface area contributed by atoms with Gasteiger partial charge in [-0.2, -0.15) is 0 Å². The standard InChI is InChI=1S/C20H20N2O4S/c23-18-9-10-22(13-19(18)24)17-8-4-5-14-11-16(12-21-20(14)17)27(25,26)15-6-2-1-3-7-15/h1-8,11-12,18-19,23-24H,9-10,13H2/t18-,19-/m0/s1. The first kappa shape index (κ1) is 17.9. The van der Waals surface area contributed by atoms with Crippen molar-refractivity contribution in [1.82, 2.24) is 4.98 Å². The Labute approximate surface area is 157 Å². The molecule has 2 aromatic carbocycles. The number of nitrogens with zero attached hydrogens (tertiary/aromatic N) is 2. The molecule has 0 unspecified atom stereocenters. The van der Waals surface area contributed by atoms with E-state index in [1.54, 1.807) is 36.4 Å².